The molecular formula is C52H34N4. The third-order valence-corrected chi connectivity index (χ3v) is 10.9. The van der Waals surface area contributed by atoms with Gasteiger partial charge in [-0.15, -0.1) is 0 Å². The van der Waals surface area contributed by atoms with E-state index in [9.17, 15) is 0 Å². The topological polar surface area (TPSA) is 35.6 Å². The van der Waals surface area contributed by atoms with Gasteiger partial charge in [0.25, 0.3) is 0 Å². The Morgan fingerprint density at radius 1 is 0.321 bits per heavy atom. The van der Waals surface area contributed by atoms with Crippen molar-refractivity contribution < 1.29 is 0 Å². The van der Waals surface area contributed by atoms with Gasteiger partial charge < -0.3 is 9.13 Å². The summed E-state index contributed by atoms with van der Waals surface area (Å²) in [6, 6.07) is 73.1. The van der Waals surface area contributed by atoms with Crippen molar-refractivity contribution in [3.8, 4) is 56.4 Å². The molecule has 8 aromatic carbocycles. The van der Waals surface area contributed by atoms with E-state index in [4.69, 9.17) is 9.97 Å². The third kappa shape index (κ3) is 5.08. The first kappa shape index (κ1) is 31.9. The molecule has 0 bridgehead atoms. The fraction of sp³-hybridized carbons (Fsp3) is 0. The van der Waals surface area contributed by atoms with Gasteiger partial charge in [0.2, 0.25) is 0 Å². The number of benzene rings is 8. The smallest absolute Gasteiger partial charge is 0.160 e. The van der Waals surface area contributed by atoms with Crippen LogP contribution in [0.2, 0.25) is 0 Å². The number of para-hydroxylation sites is 4. The Morgan fingerprint density at radius 3 is 1.43 bits per heavy atom. The summed E-state index contributed by atoms with van der Waals surface area (Å²) in [5.74, 6) is 0.690. The van der Waals surface area contributed by atoms with Crippen molar-refractivity contribution in [2.45, 2.75) is 0 Å². The Hall–Kier alpha value is -7.56. The van der Waals surface area contributed by atoms with E-state index in [1.807, 2.05) is 12.1 Å². The summed E-state index contributed by atoms with van der Waals surface area (Å²) in [5, 5.41) is 4.74. The van der Waals surface area contributed by atoms with E-state index in [2.05, 4.69) is 203 Å². The summed E-state index contributed by atoms with van der Waals surface area (Å²) in [5.41, 5.74) is 14.0. The van der Waals surface area contributed by atoms with Gasteiger partial charge in [-0.3, -0.25) is 0 Å². The highest BCUT2D eigenvalue weighted by Crippen LogP contribution is 2.47. The number of hydrogen-bond donors (Lipinski definition) is 0. The number of hydrogen-bond acceptors (Lipinski definition) is 2. The van der Waals surface area contributed by atoms with Crippen LogP contribution in [0, 0.1) is 0 Å². The molecule has 0 radical (unpaired) electrons. The van der Waals surface area contributed by atoms with E-state index in [1.165, 1.54) is 21.7 Å². The summed E-state index contributed by atoms with van der Waals surface area (Å²) in [4.78, 5) is 10.7. The maximum absolute atomic E-state index is 5.49. The molecule has 4 heteroatoms. The van der Waals surface area contributed by atoms with Crippen LogP contribution in [-0.4, -0.2) is 19.1 Å². The van der Waals surface area contributed by atoms with Crippen molar-refractivity contribution in [2.75, 3.05) is 0 Å². The maximum Gasteiger partial charge on any atom is 0.160 e. The highest BCUT2D eigenvalue weighted by atomic mass is 15.0. The van der Waals surface area contributed by atoms with Gasteiger partial charge in [-0.2, -0.15) is 0 Å². The van der Waals surface area contributed by atoms with Crippen molar-refractivity contribution in [3.05, 3.63) is 206 Å². The van der Waals surface area contributed by atoms with Gasteiger partial charge in [0.05, 0.1) is 33.5 Å². The van der Waals surface area contributed by atoms with Crippen LogP contribution >= 0.6 is 0 Å². The Kier molecular flexibility index (Phi) is 7.46. The van der Waals surface area contributed by atoms with Crippen LogP contribution in [0.3, 0.4) is 0 Å². The molecule has 3 aromatic heterocycles. The normalized spacial score (nSPS) is 11.6. The molecule has 0 aliphatic heterocycles. The number of nitrogens with zero attached hydrogens (tertiary/aromatic N) is 4. The summed E-state index contributed by atoms with van der Waals surface area (Å²) >= 11 is 0. The van der Waals surface area contributed by atoms with E-state index in [1.54, 1.807) is 0 Å². The van der Waals surface area contributed by atoms with Crippen molar-refractivity contribution in [1.82, 2.24) is 19.1 Å². The fourth-order valence-electron chi connectivity index (χ4n) is 8.55. The van der Waals surface area contributed by atoms with Crippen LogP contribution in [0.5, 0.6) is 0 Å². The first-order valence-corrected chi connectivity index (χ1v) is 19.0. The van der Waals surface area contributed by atoms with Crippen molar-refractivity contribution in [2.24, 2.45) is 0 Å². The Bertz CT molecular complexity index is 3160. The molecule has 0 unspecified atom stereocenters. The molecule has 3 heterocycles. The predicted octanol–water partition coefficient (Wildman–Crippen LogP) is 13.3. The fourth-order valence-corrected chi connectivity index (χ4v) is 8.55. The van der Waals surface area contributed by atoms with Gasteiger partial charge in [0.15, 0.2) is 5.82 Å². The lowest BCUT2D eigenvalue weighted by Gasteiger charge is -2.16. The average molecular weight is 715 g/mol. The minimum absolute atomic E-state index is 0.690. The Labute approximate surface area is 324 Å². The molecular weight excluding hydrogens is 681 g/mol. The van der Waals surface area contributed by atoms with Crippen molar-refractivity contribution >= 4 is 43.6 Å². The second-order valence-electron chi connectivity index (χ2n) is 14.2. The molecule has 11 aromatic rings. The number of aromatic nitrogens is 4. The van der Waals surface area contributed by atoms with Gasteiger partial charge in [0, 0.05) is 49.6 Å². The number of fused-ring (bicyclic) bond motifs is 6. The third-order valence-electron chi connectivity index (χ3n) is 10.9. The first-order valence-electron chi connectivity index (χ1n) is 19.0. The van der Waals surface area contributed by atoms with Crippen LogP contribution in [0.25, 0.3) is 100 Å². The summed E-state index contributed by atoms with van der Waals surface area (Å²) in [6.45, 7) is 0. The van der Waals surface area contributed by atoms with E-state index in [0.29, 0.717) is 5.82 Å². The average Bonchev–Trinajstić information content (AvgIpc) is 3.80. The largest absolute Gasteiger partial charge is 0.309 e. The second-order valence-corrected chi connectivity index (χ2v) is 14.2. The molecule has 4 nitrogen and oxygen atoms in total. The zero-order chi connectivity index (χ0) is 37.0. The first-order chi connectivity index (χ1) is 27.8. The van der Waals surface area contributed by atoms with Gasteiger partial charge in [0.1, 0.15) is 0 Å². The molecule has 0 amide bonds. The summed E-state index contributed by atoms with van der Waals surface area (Å²) < 4.78 is 4.77. The predicted molar refractivity (Wildman–Crippen MR) is 232 cm³/mol. The molecule has 0 spiro atoms. The lowest BCUT2D eigenvalue weighted by atomic mass is 9.90. The highest BCUT2D eigenvalue weighted by Gasteiger charge is 2.24. The molecule has 0 N–H and O–H groups in total. The zero-order valence-electron chi connectivity index (χ0n) is 30.4. The monoisotopic (exact) mass is 714 g/mol. The Morgan fingerprint density at radius 2 is 0.804 bits per heavy atom. The summed E-state index contributed by atoms with van der Waals surface area (Å²) in [7, 11) is 0. The number of rotatable bonds is 6. The van der Waals surface area contributed by atoms with E-state index in [-0.39, 0.29) is 0 Å². The minimum atomic E-state index is 0.690. The Balaban J connectivity index is 1.31. The standard InChI is InChI=1S/C52H34N4/c1-5-18-35(19-6-1)43-34-44(54-52(53-43)36-20-7-2-8-21-36)50-40(32-33-48-51(50)42-27-14-16-30-46(42)56(48)38-24-11-4-12-25-38)39-28-17-31-47-49(39)41-26-13-15-29-45(41)55(47)37-22-9-3-10-23-37/h1-34H. The molecule has 0 aliphatic carbocycles. The molecule has 0 fully saturated rings. The molecule has 0 atom stereocenters. The SMILES string of the molecule is c1ccc(-c2cc(-c3c(-c4cccc5c4c4ccccc4n5-c4ccccc4)ccc4c3c3ccccc3n4-c3ccccc3)nc(-c3ccccc3)n2)cc1. The molecule has 0 saturated heterocycles. The van der Waals surface area contributed by atoms with Crippen LogP contribution in [0.4, 0.5) is 0 Å². The maximum atomic E-state index is 5.49. The molecule has 262 valence electrons. The van der Waals surface area contributed by atoms with Gasteiger partial charge >= 0.3 is 0 Å². The highest BCUT2D eigenvalue weighted by molar-refractivity contribution is 6.22. The summed E-state index contributed by atoms with van der Waals surface area (Å²) in [6.07, 6.45) is 0. The van der Waals surface area contributed by atoms with Crippen LogP contribution in [0.15, 0.2) is 206 Å². The van der Waals surface area contributed by atoms with Gasteiger partial charge in [-0.1, -0.05) is 152 Å². The van der Waals surface area contributed by atoms with Crippen LogP contribution in [-0.2, 0) is 0 Å². The minimum Gasteiger partial charge on any atom is -0.309 e. The van der Waals surface area contributed by atoms with E-state index < -0.39 is 0 Å². The van der Waals surface area contributed by atoms with E-state index in [0.717, 1.165) is 72.5 Å². The van der Waals surface area contributed by atoms with Crippen molar-refractivity contribution in [3.63, 3.8) is 0 Å². The van der Waals surface area contributed by atoms with Crippen molar-refractivity contribution in [1.29, 1.82) is 0 Å². The quantitative estimate of drug-likeness (QED) is 0.172. The van der Waals surface area contributed by atoms with E-state index >= 15 is 0 Å². The zero-order valence-corrected chi connectivity index (χ0v) is 30.4. The van der Waals surface area contributed by atoms with Crippen LogP contribution < -0.4 is 0 Å². The molecule has 56 heavy (non-hydrogen) atoms. The van der Waals surface area contributed by atoms with Crippen LogP contribution in [0.1, 0.15) is 0 Å². The molecule has 0 aliphatic rings. The van der Waals surface area contributed by atoms with Gasteiger partial charge in [-0.05, 0) is 65.7 Å². The molecule has 11 rings (SSSR count). The van der Waals surface area contributed by atoms with Gasteiger partial charge in [-0.25, -0.2) is 9.97 Å². The second kappa shape index (κ2) is 13.1. The lowest BCUT2D eigenvalue weighted by Crippen LogP contribution is -1.98. The molecule has 0 saturated carbocycles. The lowest BCUT2D eigenvalue weighted by molar-refractivity contribution is 1.18.